The fraction of sp³-hybridized carbons (Fsp3) is 0.448. The van der Waals surface area contributed by atoms with Gasteiger partial charge in [-0.1, -0.05) is 5.10 Å². The molecule has 0 bridgehead atoms. The van der Waals surface area contributed by atoms with Crippen molar-refractivity contribution in [2.24, 2.45) is 5.92 Å². The summed E-state index contributed by atoms with van der Waals surface area (Å²) in [7, 11) is 0. The Balaban J connectivity index is 1.17. The zero-order chi connectivity index (χ0) is 29.4. The van der Waals surface area contributed by atoms with Crippen molar-refractivity contribution >= 4 is 23.1 Å². The Morgan fingerprint density at radius 1 is 1.26 bits per heavy atom. The second-order valence-electron chi connectivity index (χ2n) is 11.6. The van der Waals surface area contributed by atoms with Gasteiger partial charge in [-0.05, 0) is 69.7 Å². The zero-order valence-electron chi connectivity index (χ0n) is 23.3. The van der Waals surface area contributed by atoms with E-state index in [0.29, 0.717) is 52.9 Å². The second-order valence-corrected chi connectivity index (χ2v) is 11.6. The molecule has 4 aromatic rings. The van der Waals surface area contributed by atoms with E-state index in [0.717, 1.165) is 31.2 Å². The number of amides is 1. The van der Waals surface area contributed by atoms with Crippen molar-refractivity contribution < 1.29 is 18.7 Å². The van der Waals surface area contributed by atoms with Crippen LogP contribution >= 0.6 is 0 Å². The Morgan fingerprint density at radius 3 is 2.81 bits per heavy atom. The number of anilines is 2. The Bertz CT molecular complexity index is 1640. The molecule has 42 heavy (non-hydrogen) atoms. The summed E-state index contributed by atoms with van der Waals surface area (Å²) >= 11 is 0. The number of aliphatic hydroxyl groups is 1. The second kappa shape index (κ2) is 11.0. The minimum absolute atomic E-state index is 0.106. The summed E-state index contributed by atoms with van der Waals surface area (Å²) in [5, 5.41) is 40.9. The zero-order valence-corrected chi connectivity index (χ0v) is 23.3. The van der Waals surface area contributed by atoms with Crippen molar-refractivity contribution in [3.63, 3.8) is 0 Å². The number of nitrogens with one attached hydrogen (secondary N) is 3. The molecule has 0 unspecified atom stereocenters. The molecule has 218 valence electrons. The summed E-state index contributed by atoms with van der Waals surface area (Å²) in [6.45, 7) is 3.07. The van der Waals surface area contributed by atoms with E-state index in [-0.39, 0.29) is 18.2 Å². The Morgan fingerprint density at radius 2 is 2.07 bits per heavy atom. The highest BCUT2D eigenvalue weighted by molar-refractivity contribution is 6.00. The summed E-state index contributed by atoms with van der Waals surface area (Å²) < 4.78 is 21.7. The van der Waals surface area contributed by atoms with Crippen molar-refractivity contribution in [3.8, 4) is 17.5 Å². The lowest BCUT2D eigenvalue weighted by atomic mass is 9.80. The summed E-state index contributed by atoms with van der Waals surface area (Å²) in [6.07, 6.45) is 5.21. The molecule has 0 spiro atoms. The van der Waals surface area contributed by atoms with Gasteiger partial charge in [0.2, 0.25) is 5.89 Å². The number of alkyl halides is 1. The molecule has 4 aromatic heterocycles. The van der Waals surface area contributed by atoms with Crippen LogP contribution in [0.3, 0.4) is 0 Å². The van der Waals surface area contributed by atoms with E-state index in [1.807, 2.05) is 12.1 Å². The number of carbonyl (C=O) groups is 1. The minimum atomic E-state index is -1.64. The van der Waals surface area contributed by atoms with Gasteiger partial charge in [0.15, 0.2) is 0 Å². The van der Waals surface area contributed by atoms with Gasteiger partial charge in [-0.15, -0.1) is 5.10 Å². The summed E-state index contributed by atoms with van der Waals surface area (Å²) in [4.78, 5) is 17.6. The van der Waals surface area contributed by atoms with Crippen LogP contribution in [0.25, 0.3) is 16.9 Å². The maximum atomic E-state index is 14.3. The van der Waals surface area contributed by atoms with E-state index in [4.69, 9.17) is 4.42 Å². The number of pyridine rings is 1. The van der Waals surface area contributed by atoms with Crippen LogP contribution in [0.4, 0.5) is 16.1 Å². The monoisotopic (exact) mass is 573 g/mol. The molecule has 12 nitrogen and oxygen atoms in total. The van der Waals surface area contributed by atoms with Gasteiger partial charge in [0.25, 0.3) is 5.91 Å². The molecule has 1 amide bonds. The molecule has 0 aromatic carbocycles. The van der Waals surface area contributed by atoms with Crippen LogP contribution in [-0.4, -0.2) is 66.7 Å². The van der Waals surface area contributed by atoms with Crippen LogP contribution in [0.5, 0.6) is 0 Å². The van der Waals surface area contributed by atoms with E-state index in [9.17, 15) is 19.6 Å². The number of halogens is 1. The van der Waals surface area contributed by atoms with Crippen LogP contribution in [0, 0.1) is 17.2 Å². The lowest BCUT2D eigenvalue weighted by Gasteiger charge is -2.36. The molecule has 0 aliphatic heterocycles. The van der Waals surface area contributed by atoms with Gasteiger partial charge in [0, 0.05) is 24.7 Å². The average Bonchev–Trinajstić information content (AvgIpc) is 3.54. The number of fused-ring (bicyclic) bond motifs is 1. The van der Waals surface area contributed by atoms with Gasteiger partial charge < -0.3 is 25.5 Å². The van der Waals surface area contributed by atoms with Crippen LogP contribution in [-0.2, 0) is 0 Å². The first-order valence-corrected chi connectivity index (χ1v) is 14.0. The summed E-state index contributed by atoms with van der Waals surface area (Å²) in [5.41, 5.74) is 1.69. The van der Waals surface area contributed by atoms with Crippen LogP contribution in [0.2, 0.25) is 0 Å². The number of hydrogen-bond donors (Lipinski definition) is 4. The van der Waals surface area contributed by atoms with E-state index >= 15 is 0 Å². The number of carbonyl (C=O) groups excluding carboxylic acids is 1. The smallest absolute Gasteiger partial charge is 0.315 e. The third-order valence-electron chi connectivity index (χ3n) is 7.75. The highest BCUT2D eigenvalue weighted by Crippen LogP contribution is 2.39. The van der Waals surface area contributed by atoms with Crippen molar-refractivity contribution in [3.05, 3.63) is 53.7 Å². The molecule has 6 rings (SSSR count). The van der Waals surface area contributed by atoms with Gasteiger partial charge in [0.1, 0.15) is 12.2 Å². The maximum absolute atomic E-state index is 14.3. The molecule has 2 aliphatic carbocycles. The van der Waals surface area contributed by atoms with E-state index in [2.05, 4.69) is 42.3 Å². The number of rotatable bonds is 11. The van der Waals surface area contributed by atoms with Gasteiger partial charge in [0.05, 0.1) is 52.1 Å². The van der Waals surface area contributed by atoms with Gasteiger partial charge >= 0.3 is 6.01 Å². The molecule has 4 N–H and O–H groups in total. The SMILES string of the molecule is CC(C)(O)[C@H](F)CNC(=O)c1cnc(-c2ccc3cc(C#N)cnn23)cc1NC1CC(CNc2nnc(C3CC3)o2)C1. The fourth-order valence-electron chi connectivity index (χ4n) is 4.95. The number of aromatic nitrogens is 5. The topological polar surface area (TPSA) is 166 Å². The predicted octanol–water partition coefficient (Wildman–Crippen LogP) is 3.67. The Labute approximate surface area is 241 Å². The van der Waals surface area contributed by atoms with Crippen LogP contribution in [0.1, 0.15) is 67.3 Å². The van der Waals surface area contributed by atoms with Gasteiger partial charge in [-0.25, -0.2) is 8.91 Å². The van der Waals surface area contributed by atoms with Crippen molar-refractivity contribution in [1.29, 1.82) is 5.26 Å². The number of hydrogen-bond acceptors (Lipinski definition) is 10. The first kappa shape index (κ1) is 27.6. The molecule has 2 fully saturated rings. The minimum Gasteiger partial charge on any atom is -0.408 e. The lowest BCUT2D eigenvalue weighted by Crippen LogP contribution is -2.42. The van der Waals surface area contributed by atoms with Crippen molar-refractivity contribution in [1.82, 2.24) is 30.1 Å². The summed E-state index contributed by atoms with van der Waals surface area (Å²) in [6, 6.07) is 9.84. The van der Waals surface area contributed by atoms with Crippen LogP contribution in [0.15, 0.2) is 41.1 Å². The Kier molecular flexibility index (Phi) is 7.24. The fourth-order valence-corrected chi connectivity index (χ4v) is 4.95. The number of nitriles is 1. The Hall–Kier alpha value is -4.57. The normalized spacial score (nSPS) is 19.1. The van der Waals surface area contributed by atoms with Gasteiger partial charge in [-0.3, -0.25) is 9.78 Å². The van der Waals surface area contributed by atoms with E-state index in [1.54, 1.807) is 16.6 Å². The molecular formula is C29H32FN9O3. The standard InChI is InChI=1S/C29H32FN9O3/c1-29(2,41)25(30)15-33-26(40)21-14-32-23(24-6-5-20-9-17(11-31)13-35-39(20)24)10-22(21)36-19-7-16(8-19)12-34-28-38-37-27(42-28)18-3-4-18/h5-6,9-10,13-14,16,18-19,25,41H,3-4,7-8,12,15H2,1-2H3,(H,32,36)(H,33,40)(H,34,38)/t16?,19?,25-/m1/s1. The average molecular weight is 574 g/mol. The van der Waals surface area contributed by atoms with Crippen molar-refractivity contribution in [2.75, 3.05) is 23.7 Å². The van der Waals surface area contributed by atoms with E-state index in [1.165, 1.54) is 26.2 Å². The van der Waals surface area contributed by atoms with Crippen molar-refractivity contribution in [2.45, 2.75) is 63.3 Å². The maximum Gasteiger partial charge on any atom is 0.315 e. The number of nitrogens with zero attached hydrogens (tertiary/aromatic N) is 6. The molecular weight excluding hydrogens is 541 g/mol. The molecule has 0 radical (unpaired) electrons. The summed E-state index contributed by atoms with van der Waals surface area (Å²) in [5.74, 6) is 0.983. The molecule has 2 saturated carbocycles. The molecule has 0 saturated heterocycles. The third kappa shape index (κ3) is 5.89. The lowest BCUT2D eigenvalue weighted by molar-refractivity contribution is -0.00177. The third-order valence-corrected chi connectivity index (χ3v) is 7.75. The molecule has 13 heteroatoms. The molecule has 2 aliphatic rings. The quantitative estimate of drug-likeness (QED) is 0.208. The first-order chi connectivity index (χ1) is 20.2. The largest absolute Gasteiger partial charge is 0.408 e. The first-order valence-electron chi connectivity index (χ1n) is 14.0. The predicted molar refractivity (Wildman–Crippen MR) is 152 cm³/mol. The highest BCUT2D eigenvalue weighted by Gasteiger charge is 2.32. The molecule has 1 atom stereocenters. The van der Waals surface area contributed by atoms with Gasteiger partial charge in [-0.2, -0.15) is 10.4 Å². The van der Waals surface area contributed by atoms with Crippen LogP contribution < -0.4 is 16.0 Å². The highest BCUT2D eigenvalue weighted by atomic mass is 19.1. The van der Waals surface area contributed by atoms with E-state index < -0.39 is 17.7 Å². The molecule has 4 heterocycles.